The topological polar surface area (TPSA) is 102 Å². The molecule has 2 rings (SSSR count). The van der Waals surface area contributed by atoms with Gasteiger partial charge in [0.05, 0.1) is 11.5 Å². The fourth-order valence-electron chi connectivity index (χ4n) is 2.33. The van der Waals surface area contributed by atoms with Crippen molar-refractivity contribution in [1.82, 2.24) is 5.16 Å². The van der Waals surface area contributed by atoms with Crippen LogP contribution in [-0.4, -0.2) is 51.3 Å². The zero-order valence-electron chi connectivity index (χ0n) is 14.0. The van der Waals surface area contributed by atoms with Crippen LogP contribution in [0.25, 0.3) is 0 Å². The van der Waals surface area contributed by atoms with E-state index in [1.54, 1.807) is 13.8 Å². The summed E-state index contributed by atoms with van der Waals surface area (Å²) in [5, 5.41) is 15.4. The maximum Gasteiger partial charge on any atom is 0.264 e. The number of rotatable bonds is 6. The zero-order chi connectivity index (χ0) is 18.0. The minimum Gasteiger partial charge on any atom is -0.395 e. The van der Waals surface area contributed by atoms with Gasteiger partial charge in [-0.2, -0.15) is 0 Å². The summed E-state index contributed by atoms with van der Waals surface area (Å²) in [6.45, 7) is 8.14. The van der Waals surface area contributed by atoms with Gasteiger partial charge in [-0.3, -0.25) is 9.00 Å². The van der Waals surface area contributed by atoms with E-state index in [1.165, 1.54) is 6.07 Å². The van der Waals surface area contributed by atoms with E-state index in [1.807, 2.05) is 0 Å². The molecule has 1 unspecified atom stereocenters. The molecular formula is C16H24N2O5S. The smallest absolute Gasteiger partial charge is 0.264 e. The van der Waals surface area contributed by atoms with E-state index in [2.05, 4.69) is 22.9 Å². The quantitative estimate of drug-likeness (QED) is 0.588. The molecule has 1 atom stereocenters. The molecule has 0 spiro atoms. The predicted octanol–water partition coefficient (Wildman–Crippen LogP) is 1.29. The fraction of sp³-hybridized carbons (Fsp3) is 0.562. The molecule has 1 aliphatic heterocycles. The summed E-state index contributed by atoms with van der Waals surface area (Å²) in [6.07, 6.45) is 1.18. The second-order valence-electron chi connectivity index (χ2n) is 6.53. The van der Waals surface area contributed by atoms with E-state index in [9.17, 15) is 14.1 Å². The van der Waals surface area contributed by atoms with Crippen LogP contribution in [-0.2, 0) is 24.5 Å². The van der Waals surface area contributed by atoms with Crippen molar-refractivity contribution in [3.63, 3.8) is 0 Å². The van der Waals surface area contributed by atoms with Gasteiger partial charge in [-0.25, -0.2) is 0 Å². The molecule has 2 heterocycles. The third-order valence-corrected chi connectivity index (χ3v) is 6.76. The maximum atomic E-state index is 12.9. The van der Waals surface area contributed by atoms with Crippen molar-refractivity contribution in [2.75, 3.05) is 25.1 Å². The molecular weight excluding hydrogens is 332 g/mol. The Labute approximate surface area is 142 Å². The van der Waals surface area contributed by atoms with Gasteiger partial charge in [0.15, 0.2) is 5.82 Å². The average molecular weight is 356 g/mol. The monoisotopic (exact) mass is 356 g/mol. The lowest BCUT2D eigenvalue weighted by atomic mass is 9.92. The number of nitrogens with zero attached hydrogens (tertiary/aromatic N) is 1. The van der Waals surface area contributed by atoms with Crippen LogP contribution in [0, 0.1) is 0 Å². The average Bonchev–Trinajstić information content (AvgIpc) is 3.04. The molecule has 0 saturated carbocycles. The number of carbonyl (C=O) groups is 1. The highest BCUT2D eigenvalue weighted by Crippen LogP contribution is 2.26. The minimum atomic E-state index is -2.79. The van der Waals surface area contributed by atoms with Crippen molar-refractivity contribution in [1.29, 1.82) is 0 Å². The molecule has 24 heavy (non-hydrogen) atoms. The van der Waals surface area contributed by atoms with E-state index in [4.69, 9.17) is 9.26 Å². The molecule has 1 fully saturated rings. The summed E-state index contributed by atoms with van der Waals surface area (Å²) in [4.78, 5) is 12.3. The summed E-state index contributed by atoms with van der Waals surface area (Å²) in [7, 11) is -2.79. The van der Waals surface area contributed by atoms with Gasteiger partial charge in [-0.05, 0) is 18.7 Å². The first-order chi connectivity index (χ1) is 11.2. The van der Waals surface area contributed by atoms with E-state index in [-0.39, 0.29) is 22.6 Å². The van der Waals surface area contributed by atoms with Gasteiger partial charge in [0, 0.05) is 39.5 Å². The highest BCUT2D eigenvalue weighted by molar-refractivity contribution is 8.05. The molecule has 1 amide bonds. The minimum absolute atomic E-state index is 0.0552. The van der Waals surface area contributed by atoms with Crippen LogP contribution in [0.2, 0.25) is 0 Å². The summed E-state index contributed by atoms with van der Waals surface area (Å²) in [6, 6.07) is 1.53. The van der Waals surface area contributed by atoms with Crippen LogP contribution in [0.3, 0.4) is 0 Å². The number of ether oxygens (including phenoxy) is 1. The van der Waals surface area contributed by atoms with Gasteiger partial charge in [0.25, 0.3) is 5.91 Å². The second-order valence-corrected chi connectivity index (χ2v) is 9.15. The number of hydrogen-bond donors (Lipinski definition) is 2. The van der Waals surface area contributed by atoms with E-state index in [0.29, 0.717) is 31.8 Å². The van der Waals surface area contributed by atoms with Crippen molar-refractivity contribution in [2.24, 2.45) is 0 Å². The SMILES string of the molecule is C=C(C(=O)Nc1cc(C(C)(C)CO)on1)S(=C)(=O)C1CCOCC1. The Hall–Kier alpha value is -1.64. The Morgan fingerprint density at radius 1 is 1.50 bits per heavy atom. The lowest BCUT2D eigenvalue weighted by Gasteiger charge is -2.26. The molecule has 2 N–H and O–H groups in total. The Bertz CT molecular complexity index is 715. The standard InChI is InChI=1S/C16H24N2O5S/c1-11(24(4,21)12-5-7-22-8-6-12)15(20)17-14-9-13(23-18-14)16(2,3)10-19/h9,12,19H,1,4-8,10H2,2-3H3,(H,17,18,20). The summed E-state index contributed by atoms with van der Waals surface area (Å²) >= 11 is 0. The molecule has 0 aliphatic carbocycles. The number of amides is 1. The van der Waals surface area contributed by atoms with Crippen LogP contribution < -0.4 is 5.32 Å². The molecule has 0 bridgehead atoms. The van der Waals surface area contributed by atoms with Gasteiger partial charge in [-0.1, -0.05) is 25.6 Å². The number of aliphatic hydroxyl groups excluding tert-OH is 1. The maximum absolute atomic E-state index is 12.9. The Kier molecular flexibility index (Phi) is 5.52. The van der Waals surface area contributed by atoms with Gasteiger partial charge < -0.3 is 19.7 Å². The highest BCUT2D eigenvalue weighted by atomic mass is 32.2. The first-order valence-electron chi connectivity index (χ1n) is 7.70. The lowest BCUT2D eigenvalue weighted by molar-refractivity contribution is -0.112. The van der Waals surface area contributed by atoms with Crippen LogP contribution in [0.5, 0.6) is 0 Å². The molecule has 0 aromatic carbocycles. The van der Waals surface area contributed by atoms with E-state index in [0.717, 1.165) is 0 Å². The van der Waals surface area contributed by atoms with E-state index >= 15 is 0 Å². The van der Waals surface area contributed by atoms with Crippen LogP contribution in [0.15, 0.2) is 22.1 Å². The number of aliphatic hydroxyl groups is 1. The van der Waals surface area contributed by atoms with Crippen molar-refractivity contribution in [3.05, 3.63) is 23.3 Å². The van der Waals surface area contributed by atoms with Crippen molar-refractivity contribution < 1.29 is 23.4 Å². The van der Waals surface area contributed by atoms with Gasteiger partial charge in [-0.15, -0.1) is 0 Å². The molecule has 1 aliphatic rings. The molecule has 7 nitrogen and oxygen atoms in total. The van der Waals surface area contributed by atoms with Crippen molar-refractivity contribution in [3.8, 4) is 0 Å². The summed E-state index contributed by atoms with van der Waals surface area (Å²) < 4.78 is 23.3. The first kappa shape index (κ1) is 18.7. The number of carbonyl (C=O) groups excluding carboxylic acids is 1. The predicted molar refractivity (Wildman–Crippen MR) is 93.5 cm³/mol. The Balaban J connectivity index is 2.08. The number of anilines is 1. The van der Waals surface area contributed by atoms with Crippen LogP contribution >= 0.6 is 0 Å². The largest absolute Gasteiger partial charge is 0.395 e. The van der Waals surface area contributed by atoms with Crippen molar-refractivity contribution in [2.45, 2.75) is 37.4 Å². The zero-order valence-corrected chi connectivity index (χ0v) is 14.9. The second kappa shape index (κ2) is 7.08. The number of aromatic nitrogens is 1. The normalized spacial score (nSPS) is 18.8. The summed E-state index contributed by atoms with van der Waals surface area (Å²) in [5.74, 6) is 3.77. The van der Waals surface area contributed by atoms with Gasteiger partial charge >= 0.3 is 0 Å². The number of hydrogen-bond acceptors (Lipinski definition) is 6. The summed E-state index contributed by atoms with van der Waals surface area (Å²) in [5.41, 5.74) is -0.616. The van der Waals surface area contributed by atoms with Gasteiger partial charge in [0.1, 0.15) is 5.76 Å². The van der Waals surface area contributed by atoms with Crippen LogP contribution in [0.1, 0.15) is 32.4 Å². The molecule has 1 aromatic rings. The van der Waals surface area contributed by atoms with Crippen LogP contribution in [0.4, 0.5) is 5.82 Å². The lowest BCUT2D eigenvalue weighted by Crippen LogP contribution is -2.33. The third-order valence-electron chi connectivity index (χ3n) is 4.19. The van der Waals surface area contributed by atoms with Gasteiger partial charge in [0.2, 0.25) is 0 Å². The first-order valence-corrected chi connectivity index (χ1v) is 9.49. The third kappa shape index (κ3) is 3.88. The van der Waals surface area contributed by atoms with Crippen molar-refractivity contribution >= 4 is 27.1 Å². The molecule has 1 saturated heterocycles. The Morgan fingerprint density at radius 2 is 2.12 bits per heavy atom. The molecule has 134 valence electrons. The Morgan fingerprint density at radius 3 is 2.71 bits per heavy atom. The molecule has 0 radical (unpaired) electrons. The van der Waals surface area contributed by atoms with E-state index < -0.39 is 20.8 Å². The molecule has 1 aromatic heterocycles. The fourth-order valence-corrected chi connectivity index (χ4v) is 4.05. The molecule has 8 heteroatoms. The number of nitrogens with one attached hydrogen (secondary N) is 1. The highest BCUT2D eigenvalue weighted by Gasteiger charge is 2.29.